The first-order valence-electron chi connectivity index (χ1n) is 10.3. The van der Waals surface area contributed by atoms with Crippen molar-refractivity contribution < 1.29 is 22.7 Å². The molecule has 0 aromatic heterocycles. The van der Waals surface area contributed by atoms with E-state index >= 15 is 0 Å². The molecule has 0 saturated heterocycles. The van der Waals surface area contributed by atoms with Crippen LogP contribution in [0.25, 0.3) is 0 Å². The van der Waals surface area contributed by atoms with E-state index in [2.05, 4.69) is 21.2 Å². The quantitative estimate of drug-likeness (QED) is 0.342. The second kappa shape index (κ2) is 12.1. The van der Waals surface area contributed by atoms with Crippen molar-refractivity contribution in [3.63, 3.8) is 0 Å². The van der Waals surface area contributed by atoms with Gasteiger partial charge in [-0.3, -0.25) is 4.79 Å². The van der Waals surface area contributed by atoms with Crippen LogP contribution in [-0.2, 0) is 27.9 Å². The highest BCUT2D eigenvalue weighted by Gasteiger charge is 2.27. The molecule has 3 rings (SSSR count). The van der Waals surface area contributed by atoms with Crippen LogP contribution in [0.1, 0.15) is 11.1 Å². The second-order valence-electron chi connectivity index (χ2n) is 7.43. The molecule has 0 unspecified atom stereocenters. The fraction of sp³-hybridized carbons (Fsp3) is 0.208. The van der Waals surface area contributed by atoms with Crippen LogP contribution in [0, 0.1) is 0 Å². The molecule has 0 spiro atoms. The molecule has 3 aromatic carbocycles. The number of rotatable bonds is 10. The summed E-state index contributed by atoms with van der Waals surface area (Å²) in [5, 5.41) is 3.49. The van der Waals surface area contributed by atoms with E-state index in [-0.39, 0.29) is 18.0 Å². The van der Waals surface area contributed by atoms with Crippen LogP contribution >= 0.6 is 39.1 Å². The number of methoxy groups -OCH3 is 2. The summed E-state index contributed by atoms with van der Waals surface area (Å²) in [4.78, 5) is 12.9. The molecule has 0 aliphatic carbocycles. The summed E-state index contributed by atoms with van der Waals surface area (Å²) in [6, 6.07) is 16.2. The minimum absolute atomic E-state index is 0.0541. The van der Waals surface area contributed by atoms with Gasteiger partial charge < -0.3 is 14.8 Å². The largest absolute Gasteiger partial charge is 0.493 e. The zero-order chi connectivity index (χ0) is 25.6. The third kappa shape index (κ3) is 7.11. The maximum absolute atomic E-state index is 13.4. The van der Waals surface area contributed by atoms with Gasteiger partial charge >= 0.3 is 0 Å². The molecule has 1 N–H and O–H groups in total. The normalized spacial score (nSPS) is 11.4. The molecule has 7 nitrogen and oxygen atoms in total. The van der Waals surface area contributed by atoms with Gasteiger partial charge in [0.05, 0.1) is 25.7 Å². The van der Waals surface area contributed by atoms with Crippen molar-refractivity contribution in [2.45, 2.75) is 18.0 Å². The lowest BCUT2D eigenvalue weighted by molar-refractivity contribution is -0.121. The van der Waals surface area contributed by atoms with Crippen LogP contribution in [0.3, 0.4) is 0 Å². The number of ether oxygens (including phenoxy) is 2. The van der Waals surface area contributed by atoms with Gasteiger partial charge in [0.15, 0.2) is 11.5 Å². The van der Waals surface area contributed by atoms with Crippen molar-refractivity contribution in [3.8, 4) is 11.5 Å². The molecule has 0 saturated carbocycles. The summed E-state index contributed by atoms with van der Waals surface area (Å²) in [7, 11) is -0.962. The maximum atomic E-state index is 13.4. The first-order chi connectivity index (χ1) is 16.6. The predicted octanol–water partition coefficient (Wildman–Crippen LogP) is 5.28. The van der Waals surface area contributed by atoms with Crippen LogP contribution in [0.4, 0.5) is 0 Å². The Bertz CT molecular complexity index is 1300. The lowest BCUT2D eigenvalue weighted by Gasteiger charge is -2.22. The van der Waals surface area contributed by atoms with E-state index in [0.717, 1.165) is 14.3 Å². The van der Waals surface area contributed by atoms with Crippen molar-refractivity contribution in [3.05, 3.63) is 86.3 Å². The number of halogens is 3. The molecular weight excluding hydrogens is 579 g/mol. The molecular formula is C24H23BrCl2N2O5S. The molecule has 0 atom stereocenters. The third-order valence-electron chi connectivity index (χ3n) is 5.07. The van der Waals surface area contributed by atoms with Gasteiger partial charge in [0.2, 0.25) is 15.9 Å². The van der Waals surface area contributed by atoms with Gasteiger partial charge in [0.1, 0.15) is 0 Å². The molecule has 1 amide bonds. The number of hydrogen-bond donors (Lipinski definition) is 1. The van der Waals surface area contributed by atoms with Crippen molar-refractivity contribution >= 4 is 55.1 Å². The summed E-state index contributed by atoms with van der Waals surface area (Å²) < 4.78 is 39.2. The van der Waals surface area contributed by atoms with Crippen LogP contribution in [0.5, 0.6) is 11.5 Å². The lowest BCUT2D eigenvalue weighted by atomic mass is 10.2. The number of sulfonamides is 1. The van der Waals surface area contributed by atoms with Gasteiger partial charge in [-0.25, -0.2) is 8.42 Å². The fourth-order valence-corrected chi connectivity index (χ4v) is 5.34. The number of carbonyl (C=O) groups excluding carboxylic acids is 1. The van der Waals surface area contributed by atoms with Crippen molar-refractivity contribution in [1.29, 1.82) is 0 Å². The van der Waals surface area contributed by atoms with Gasteiger partial charge in [0.25, 0.3) is 0 Å². The molecule has 3 aromatic rings. The zero-order valence-electron chi connectivity index (χ0n) is 18.9. The van der Waals surface area contributed by atoms with Crippen LogP contribution < -0.4 is 14.8 Å². The summed E-state index contributed by atoms with van der Waals surface area (Å²) in [6.45, 7) is -0.351. The Morgan fingerprint density at radius 1 is 0.971 bits per heavy atom. The topological polar surface area (TPSA) is 84.9 Å². The van der Waals surface area contributed by atoms with E-state index in [1.54, 1.807) is 42.5 Å². The van der Waals surface area contributed by atoms with Crippen LogP contribution in [0.2, 0.25) is 10.0 Å². The minimum atomic E-state index is -4.02. The van der Waals surface area contributed by atoms with Crippen LogP contribution in [-0.4, -0.2) is 39.4 Å². The number of benzene rings is 3. The Labute approximate surface area is 223 Å². The standard InChI is InChI=1S/C24H23BrCl2N2O5S/c1-33-22-10-3-16(11-23(22)34-2)13-28-24(30)15-29(14-17-4-7-19(26)12-21(17)27)35(31,32)20-8-5-18(25)6-9-20/h3-12H,13-15H2,1-2H3,(H,28,30). The molecule has 35 heavy (non-hydrogen) atoms. The van der Waals surface area contributed by atoms with Crippen molar-refractivity contribution in [2.75, 3.05) is 20.8 Å². The molecule has 0 heterocycles. The highest BCUT2D eigenvalue weighted by atomic mass is 79.9. The Morgan fingerprint density at radius 3 is 2.29 bits per heavy atom. The van der Waals surface area contributed by atoms with Gasteiger partial charge in [-0.15, -0.1) is 0 Å². The number of carbonyl (C=O) groups is 1. The average molecular weight is 602 g/mol. The van der Waals surface area contributed by atoms with Crippen LogP contribution in [0.15, 0.2) is 70.0 Å². The molecule has 11 heteroatoms. The summed E-state index contributed by atoms with van der Waals surface area (Å²) in [5.41, 5.74) is 1.28. The molecule has 0 radical (unpaired) electrons. The Morgan fingerprint density at radius 2 is 1.66 bits per heavy atom. The summed E-state index contributed by atoms with van der Waals surface area (Å²) >= 11 is 15.6. The van der Waals surface area contributed by atoms with Gasteiger partial charge in [-0.1, -0.05) is 51.3 Å². The number of hydrogen-bond acceptors (Lipinski definition) is 5. The van der Waals surface area contributed by atoms with Gasteiger partial charge in [0, 0.05) is 27.6 Å². The van der Waals surface area contributed by atoms with E-state index in [9.17, 15) is 13.2 Å². The first-order valence-corrected chi connectivity index (χ1v) is 13.3. The van der Waals surface area contributed by atoms with Crippen molar-refractivity contribution in [1.82, 2.24) is 9.62 Å². The average Bonchev–Trinajstić information content (AvgIpc) is 2.83. The lowest BCUT2D eigenvalue weighted by Crippen LogP contribution is -2.40. The smallest absolute Gasteiger partial charge is 0.243 e. The molecule has 0 bridgehead atoms. The minimum Gasteiger partial charge on any atom is -0.493 e. The molecule has 0 fully saturated rings. The van der Waals surface area contributed by atoms with E-state index in [1.165, 1.54) is 32.4 Å². The fourth-order valence-electron chi connectivity index (χ4n) is 3.23. The zero-order valence-corrected chi connectivity index (χ0v) is 22.8. The van der Waals surface area contributed by atoms with Gasteiger partial charge in [-0.2, -0.15) is 4.31 Å². The van der Waals surface area contributed by atoms with Gasteiger partial charge in [-0.05, 0) is 59.7 Å². The Balaban J connectivity index is 1.82. The molecule has 186 valence electrons. The highest BCUT2D eigenvalue weighted by Crippen LogP contribution is 2.28. The second-order valence-corrected chi connectivity index (χ2v) is 11.1. The first kappa shape index (κ1) is 27.3. The molecule has 0 aliphatic rings. The van der Waals surface area contributed by atoms with E-state index in [4.69, 9.17) is 32.7 Å². The third-order valence-corrected chi connectivity index (χ3v) is 7.99. The predicted molar refractivity (Wildman–Crippen MR) is 140 cm³/mol. The Kier molecular flexibility index (Phi) is 9.43. The molecule has 0 aliphatic heterocycles. The summed E-state index contributed by atoms with van der Waals surface area (Å²) in [6.07, 6.45) is 0. The Hall–Kier alpha value is -2.30. The monoisotopic (exact) mass is 600 g/mol. The summed E-state index contributed by atoms with van der Waals surface area (Å²) in [5.74, 6) is 0.607. The maximum Gasteiger partial charge on any atom is 0.243 e. The van der Waals surface area contributed by atoms with Crippen molar-refractivity contribution in [2.24, 2.45) is 0 Å². The number of nitrogens with zero attached hydrogens (tertiary/aromatic N) is 1. The van der Waals surface area contributed by atoms with E-state index < -0.39 is 22.5 Å². The van der Waals surface area contributed by atoms with E-state index in [0.29, 0.717) is 27.1 Å². The SMILES string of the molecule is COc1ccc(CNC(=O)CN(Cc2ccc(Cl)cc2Cl)S(=O)(=O)c2ccc(Br)cc2)cc1OC. The number of nitrogens with one attached hydrogen (secondary N) is 1. The number of amides is 1. The van der Waals surface area contributed by atoms with E-state index in [1.807, 2.05) is 0 Å². The highest BCUT2D eigenvalue weighted by molar-refractivity contribution is 9.10.